The van der Waals surface area contributed by atoms with Crippen molar-refractivity contribution in [3.63, 3.8) is 0 Å². The maximum Gasteiger partial charge on any atom is 0.164 e. The van der Waals surface area contributed by atoms with Crippen molar-refractivity contribution >= 4 is 46.0 Å². The molecule has 0 bridgehead atoms. The lowest BCUT2D eigenvalue weighted by Crippen LogP contribution is -2.37. The van der Waals surface area contributed by atoms with Gasteiger partial charge in [-0.3, -0.25) is 0 Å². The summed E-state index contributed by atoms with van der Waals surface area (Å²) in [4.78, 5) is 15.5. The zero-order valence-electron chi connectivity index (χ0n) is 31.1. The molecule has 2 heterocycles. The number of fused-ring (bicyclic) bond motifs is 8. The summed E-state index contributed by atoms with van der Waals surface area (Å²) in [5, 5.41) is 5.90. The van der Waals surface area contributed by atoms with Crippen molar-refractivity contribution in [3.05, 3.63) is 157 Å². The van der Waals surface area contributed by atoms with Gasteiger partial charge in [0.05, 0.1) is 8.07 Å². The summed E-state index contributed by atoms with van der Waals surface area (Å²) in [5.74, 6) is 1.92. The van der Waals surface area contributed by atoms with Crippen LogP contribution in [0.4, 0.5) is 0 Å². The third kappa shape index (κ3) is 5.22. The van der Waals surface area contributed by atoms with Crippen molar-refractivity contribution in [2.24, 2.45) is 0 Å². The number of hydrogen-bond acceptors (Lipinski definition) is 4. The summed E-state index contributed by atoms with van der Waals surface area (Å²) in [6.45, 7) is 11.8. The number of aromatic nitrogens is 3. The fourth-order valence-corrected chi connectivity index (χ4v) is 9.46. The van der Waals surface area contributed by atoms with E-state index in [4.69, 9.17) is 19.4 Å². The summed E-state index contributed by atoms with van der Waals surface area (Å²) >= 11 is 0. The van der Waals surface area contributed by atoms with E-state index in [1.54, 1.807) is 0 Å². The van der Waals surface area contributed by atoms with Gasteiger partial charge in [-0.25, -0.2) is 15.0 Å². The highest BCUT2D eigenvalue weighted by Gasteiger charge is 2.35. The van der Waals surface area contributed by atoms with Crippen LogP contribution in [0.25, 0.3) is 89.1 Å². The lowest BCUT2D eigenvalue weighted by molar-refractivity contribution is 0.660. The summed E-state index contributed by atoms with van der Waals surface area (Å²) in [5.41, 5.74) is 12.2. The number of hydrogen-bond donors (Lipinski definition) is 0. The fraction of sp³-hybridized carbons (Fsp3) is 0.122. The number of furan rings is 1. The second-order valence-electron chi connectivity index (χ2n) is 16.1. The molecular weight excluding hydrogens is 675 g/mol. The highest BCUT2D eigenvalue weighted by Crippen LogP contribution is 2.49. The molecule has 0 aliphatic heterocycles. The van der Waals surface area contributed by atoms with Crippen LogP contribution in [0.5, 0.6) is 0 Å². The van der Waals surface area contributed by atoms with Gasteiger partial charge in [0.25, 0.3) is 0 Å². The Kier molecular flexibility index (Phi) is 7.17. The predicted molar refractivity (Wildman–Crippen MR) is 227 cm³/mol. The highest BCUT2D eigenvalue weighted by molar-refractivity contribution is 6.88. The Morgan fingerprint density at radius 2 is 1.07 bits per heavy atom. The fourth-order valence-electron chi connectivity index (χ4n) is 8.29. The molecule has 2 aromatic heterocycles. The summed E-state index contributed by atoms with van der Waals surface area (Å²) < 4.78 is 6.34. The first-order valence-electron chi connectivity index (χ1n) is 18.7. The molecule has 0 saturated heterocycles. The topological polar surface area (TPSA) is 51.8 Å². The molecule has 54 heavy (non-hydrogen) atoms. The van der Waals surface area contributed by atoms with Gasteiger partial charge in [-0.05, 0) is 80.6 Å². The van der Waals surface area contributed by atoms with Crippen LogP contribution < -0.4 is 5.19 Å². The van der Waals surface area contributed by atoms with Crippen molar-refractivity contribution in [2.75, 3.05) is 0 Å². The normalized spacial score (nSPS) is 13.4. The van der Waals surface area contributed by atoms with Crippen LogP contribution in [0, 0.1) is 0 Å². The smallest absolute Gasteiger partial charge is 0.164 e. The minimum Gasteiger partial charge on any atom is -0.456 e. The Balaban J connectivity index is 1.12. The predicted octanol–water partition coefficient (Wildman–Crippen LogP) is 12.4. The molecule has 260 valence electrons. The lowest BCUT2D eigenvalue weighted by atomic mass is 9.81. The molecule has 1 aliphatic carbocycles. The van der Waals surface area contributed by atoms with Gasteiger partial charge in [-0.1, -0.05) is 148 Å². The van der Waals surface area contributed by atoms with Gasteiger partial charge in [0, 0.05) is 32.9 Å². The van der Waals surface area contributed by atoms with Gasteiger partial charge in [0.2, 0.25) is 0 Å². The molecule has 0 saturated carbocycles. The van der Waals surface area contributed by atoms with E-state index in [-0.39, 0.29) is 5.41 Å². The Labute approximate surface area is 316 Å². The molecule has 9 aromatic rings. The maximum atomic E-state index is 6.34. The molecule has 4 nitrogen and oxygen atoms in total. The molecule has 0 amide bonds. The molecule has 0 unspecified atom stereocenters. The summed E-state index contributed by atoms with van der Waals surface area (Å²) in [6.07, 6.45) is 0. The average molecular weight is 714 g/mol. The van der Waals surface area contributed by atoms with Crippen molar-refractivity contribution in [1.82, 2.24) is 15.0 Å². The number of rotatable bonds is 5. The van der Waals surface area contributed by atoms with Gasteiger partial charge < -0.3 is 4.42 Å². The van der Waals surface area contributed by atoms with Crippen molar-refractivity contribution in [2.45, 2.75) is 38.9 Å². The van der Waals surface area contributed by atoms with E-state index < -0.39 is 8.07 Å². The van der Waals surface area contributed by atoms with Crippen LogP contribution in [-0.2, 0) is 5.41 Å². The van der Waals surface area contributed by atoms with Crippen LogP contribution in [0.2, 0.25) is 19.6 Å². The van der Waals surface area contributed by atoms with Gasteiger partial charge in [0.15, 0.2) is 17.5 Å². The van der Waals surface area contributed by atoms with E-state index in [2.05, 4.69) is 173 Å². The zero-order chi connectivity index (χ0) is 36.8. The number of benzene rings is 7. The summed E-state index contributed by atoms with van der Waals surface area (Å²) in [7, 11) is -1.48. The second kappa shape index (κ2) is 11.9. The molecule has 0 radical (unpaired) electrons. The third-order valence-corrected chi connectivity index (χ3v) is 13.4. The average Bonchev–Trinajstić information content (AvgIpc) is 3.69. The van der Waals surface area contributed by atoms with Gasteiger partial charge in [0.1, 0.15) is 11.2 Å². The van der Waals surface area contributed by atoms with E-state index in [1.807, 2.05) is 6.07 Å². The summed E-state index contributed by atoms with van der Waals surface area (Å²) in [6, 6.07) is 52.0. The SMILES string of the molecule is CC1(C)c2ccccc2-c2ccc(-c3cccc(-c4nc(-c5ccc([Si](C)(C)C)cc5)nc(-c5ccc6oc7ccc8ccccc8c7c6c5)n4)c3)cc21. The molecule has 7 aromatic carbocycles. The Bertz CT molecular complexity index is 2950. The molecule has 0 fully saturated rings. The van der Waals surface area contributed by atoms with Crippen LogP contribution >= 0.6 is 0 Å². The van der Waals surface area contributed by atoms with Gasteiger partial charge in [-0.15, -0.1) is 0 Å². The van der Waals surface area contributed by atoms with Gasteiger partial charge >= 0.3 is 0 Å². The van der Waals surface area contributed by atoms with Crippen molar-refractivity contribution < 1.29 is 4.42 Å². The van der Waals surface area contributed by atoms with E-state index in [9.17, 15) is 0 Å². The zero-order valence-corrected chi connectivity index (χ0v) is 32.1. The van der Waals surface area contributed by atoms with Crippen LogP contribution in [0.1, 0.15) is 25.0 Å². The van der Waals surface area contributed by atoms with Crippen LogP contribution in [0.3, 0.4) is 0 Å². The Morgan fingerprint density at radius 1 is 0.463 bits per heavy atom. The number of nitrogens with zero attached hydrogens (tertiary/aromatic N) is 3. The van der Waals surface area contributed by atoms with E-state index in [1.165, 1.54) is 43.8 Å². The quantitative estimate of drug-likeness (QED) is 0.167. The maximum absolute atomic E-state index is 6.34. The first-order chi connectivity index (χ1) is 26.1. The second-order valence-corrected chi connectivity index (χ2v) is 21.2. The van der Waals surface area contributed by atoms with Crippen molar-refractivity contribution in [3.8, 4) is 56.4 Å². The van der Waals surface area contributed by atoms with E-state index >= 15 is 0 Å². The Morgan fingerprint density at radius 3 is 1.87 bits per heavy atom. The third-order valence-electron chi connectivity index (χ3n) is 11.3. The molecule has 0 N–H and O–H groups in total. The molecule has 0 spiro atoms. The highest BCUT2D eigenvalue weighted by atomic mass is 28.3. The molecule has 0 atom stereocenters. The minimum absolute atomic E-state index is 0.0731. The minimum atomic E-state index is -1.48. The first kappa shape index (κ1) is 32.5. The molecule has 1 aliphatic rings. The van der Waals surface area contributed by atoms with Crippen molar-refractivity contribution in [1.29, 1.82) is 0 Å². The molecular formula is C49H39N3OSi. The van der Waals surface area contributed by atoms with Crippen LogP contribution in [-0.4, -0.2) is 23.0 Å². The van der Waals surface area contributed by atoms with E-state index in [0.717, 1.165) is 44.2 Å². The Hall–Kier alpha value is -6.17. The van der Waals surface area contributed by atoms with Crippen LogP contribution in [0.15, 0.2) is 150 Å². The monoisotopic (exact) mass is 713 g/mol. The van der Waals surface area contributed by atoms with Gasteiger partial charge in [-0.2, -0.15) is 0 Å². The first-order valence-corrected chi connectivity index (χ1v) is 22.2. The van der Waals surface area contributed by atoms with E-state index in [0.29, 0.717) is 17.5 Å². The largest absolute Gasteiger partial charge is 0.456 e. The molecule has 10 rings (SSSR count). The molecule has 5 heteroatoms. The standard InChI is InChI=1S/C49H39N3OSi/c1-49(2)41-16-9-8-15-38(41)39-24-19-33(29-42(39)49)32-12-10-13-34(27-32)47-50-46(31-17-22-36(23-18-31)54(3,4)5)51-48(52-47)35-21-25-43-40(28-35)45-37-14-7-6-11-30(37)20-26-44(45)53-43/h6-29H,1-5H3. The lowest BCUT2D eigenvalue weighted by Gasteiger charge is -2.22.